The standard InChI is InChI=1S/C9H12N2O2S/c1-8-3-4-9(10-7-8)11-5-2-6-14(11,12)13/h3-4,7H,2,5-6H2,1H3. The summed E-state index contributed by atoms with van der Waals surface area (Å²) in [4.78, 5) is 4.10. The van der Waals surface area contributed by atoms with E-state index in [4.69, 9.17) is 0 Å². The van der Waals surface area contributed by atoms with Gasteiger partial charge in [-0.25, -0.2) is 13.4 Å². The molecule has 1 aromatic heterocycles. The summed E-state index contributed by atoms with van der Waals surface area (Å²) in [6.45, 7) is 2.48. The van der Waals surface area contributed by atoms with E-state index in [0.29, 0.717) is 18.8 Å². The van der Waals surface area contributed by atoms with Gasteiger partial charge in [-0.05, 0) is 25.0 Å². The summed E-state index contributed by atoms with van der Waals surface area (Å²) >= 11 is 0. The number of aromatic nitrogens is 1. The third-order valence-electron chi connectivity index (χ3n) is 2.25. The molecule has 0 aliphatic carbocycles. The van der Waals surface area contributed by atoms with Gasteiger partial charge in [-0.3, -0.25) is 4.31 Å². The summed E-state index contributed by atoms with van der Waals surface area (Å²) in [5.41, 5.74) is 1.03. The first-order chi connectivity index (χ1) is 6.59. The smallest absolute Gasteiger partial charge is 0.236 e. The fourth-order valence-corrected chi connectivity index (χ4v) is 3.02. The molecule has 76 valence electrons. The number of pyridine rings is 1. The Morgan fingerprint density at radius 3 is 2.71 bits per heavy atom. The van der Waals surface area contributed by atoms with Gasteiger partial charge < -0.3 is 0 Å². The Bertz CT molecular complexity index is 425. The SMILES string of the molecule is Cc1ccc(N2CCCS2(=O)=O)nc1. The quantitative estimate of drug-likeness (QED) is 0.696. The van der Waals surface area contributed by atoms with Crippen molar-refractivity contribution in [3.63, 3.8) is 0 Å². The lowest BCUT2D eigenvalue weighted by molar-refractivity contribution is 0.599. The number of aryl methyl sites for hydroxylation is 1. The van der Waals surface area contributed by atoms with Crippen molar-refractivity contribution in [3.8, 4) is 0 Å². The molecule has 2 rings (SSSR count). The van der Waals surface area contributed by atoms with Crippen molar-refractivity contribution in [1.82, 2.24) is 4.98 Å². The minimum Gasteiger partial charge on any atom is -0.254 e. The molecule has 2 heterocycles. The van der Waals surface area contributed by atoms with Gasteiger partial charge in [0.25, 0.3) is 0 Å². The van der Waals surface area contributed by atoms with Crippen molar-refractivity contribution in [2.24, 2.45) is 0 Å². The Balaban J connectivity index is 2.36. The highest BCUT2D eigenvalue weighted by molar-refractivity contribution is 7.93. The second-order valence-corrected chi connectivity index (χ2v) is 5.45. The molecule has 1 saturated heterocycles. The molecule has 0 saturated carbocycles. The lowest BCUT2D eigenvalue weighted by Gasteiger charge is -2.15. The number of nitrogens with zero attached hydrogens (tertiary/aromatic N) is 2. The second kappa shape index (κ2) is 3.24. The molecule has 1 aromatic rings. The number of hydrogen-bond acceptors (Lipinski definition) is 3. The summed E-state index contributed by atoms with van der Waals surface area (Å²) in [5.74, 6) is 0.774. The Kier molecular flexibility index (Phi) is 2.19. The maximum atomic E-state index is 11.5. The zero-order valence-electron chi connectivity index (χ0n) is 7.97. The first-order valence-corrected chi connectivity index (χ1v) is 6.13. The highest BCUT2D eigenvalue weighted by Crippen LogP contribution is 2.21. The molecule has 0 N–H and O–H groups in total. The van der Waals surface area contributed by atoms with E-state index in [9.17, 15) is 8.42 Å². The van der Waals surface area contributed by atoms with E-state index in [0.717, 1.165) is 5.56 Å². The zero-order chi connectivity index (χ0) is 10.2. The Labute approximate surface area is 83.6 Å². The summed E-state index contributed by atoms with van der Waals surface area (Å²) in [6, 6.07) is 3.62. The van der Waals surface area contributed by atoms with Gasteiger partial charge in [-0.1, -0.05) is 6.07 Å². The van der Waals surface area contributed by atoms with Crippen molar-refractivity contribution in [3.05, 3.63) is 23.9 Å². The van der Waals surface area contributed by atoms with Crippen molar-refractivity contribution in [2.75, 3.05) is 16.6 Å². The molecule has 1 aliphatic rings. The average molecular weight is 212 g/mol. The molecule has 1 aliphatic heterocycles. The normalized spacial score (nSPS) is 19.9. The molecule has 0 atom stereocenters. The van der Waals surface area contributed by atoms with Gasteiger partial charge in [0.05, 0.1) is 5.75 Å². The number of anilines is 1. The van der Waals surface area contributed by atoms with Crippen LogP contribution in [0.2, 0.25) is 0 Å². The van der Waals surface area contributed by atoms with Crippen LogP contribution in [0.1, 0.15) is 12.0 Å². The highest BCUT2D eigenvalue weighted by Gasteiger charge is 2.28. The third-order valence-corrected chi connectivity index (χ3v) is 4.10. The number of rotatable bonds is 1. The van der Waals surface area contributed by atoms with Crippen LogP contribution in [-0.4, -0.2) is 25.7 Å². The van der Waals surface area contributed by atoms with Gasteiger partial charge >= 0.3 is 0 Å². The maximum absolute atomic E-state index is 11.5. The summed E-state index contributed by atoms with van der Waals surface area (Å²) in [5, 5.41) is 0. The molecular formula is C9H12N2O2S. The van der Waals surface area contributed by atoms with E-state index in [2.05, 4.69) is 4.98 Å². The molecule has 5 heteroatoms. The average Bonchev–Trinajstić information content (AvgIpc) is 2.47. The Hall–Kier alpha value is -1.10. The minimum absolute atomic E-state index is 0.239. The lowest BCUT2D eigenvalue weighted by atomic mass is 10.3. The Morgan fingerprint density at radius 1 is 1.43 bits per heavy atom. The zero-order valence-corrected chi connectivity index (χ0v) is 8.79. The van der Waals surface area contributed by atoms with Crippen LogP contribution in [0.5, 0.6) is 0 Å². The highest BCUT2D eigenvalue weighted by atomic mass is 32.2. The van der Waals surface area contributed by atoms with Gasteiger partial charge in [-0.15, -0.1) is 0 Å². The third kappa shape index (κ3) is 1.59. The van der Waals surface area contributed by atoms with Crippen LogP contribution in [0.4, 0.5) is 5.82 Å². The monoisotopic (exact) mass is 212 g/mol. The predicted octanol–water partition coefficient (Wildman–Crippen LogP) is 0.930. The van der Waals surface area contributed by atoms with Gasteiger partial charge in [0.1, 0.15) is 5.82 Å². The van der Waals surface area contributed by atoms with E-state index in [-0.39, 0.29) is 5.75 Å². The van der Waals surface area contributed by atoms with Crippen molar-refractivity contribution < 1.29 is 8.42 Å². The molecule has 14 heavy (non-hydrogen) atoms. The molecule has 0 spiro atoms. The van der Waals surface area contributed by atoms with E-state index in [1.54, 1.807) is 12.3 Å². The van der Waals surface area contributed by atoms with Gasteiger partial charge in [0.2, 0.25) is 10.0 Å². The molecule has 0 aromatic carbocycles. The Morgan fingerprint density at radius 2 is 2.21 bits per heavy atom. The van der Waals surface area contributed by atoms with Crippen molar-refractivity contribution in [1.29, 1.82) is 0 Å². The maximum Gasteiger partial charge on any atom is 0.236 e. The largest absolute Gasteiger partial charge is 0.254 e. The molecule has 1 fully saturated rings. The fourth-order valence-electron chi connectivity index (χ4n) is 1.50. The number of sulfonamides is 1. The second-order valence-electron chi connectivity index (χ2n) is 3.44. The van der Waals surface area contributed by atoms with Crippen molar-refractivity contribution >= 4 is 15.8 Å². The van der Waals surface area contributed by atoms with E-state index in [1.165, 1.54) is 4.31 Å². The van der Waals surface area contributed by atoms with E-state index >= 15 is 0 Å². The molecule has 0 unspecified atom stereocenters. The van der Waals surface area contributed by atoms with Gasteiger partial charge in [0.15, 0.2) is 0 Å². The minimum atomic E-state index is -3.08. The van der Waals surface area contributed by atoms with Crippen LogP contribution in [0.3, 0.4) is 0 Å². The van der Waals surface area contributed by atoms with E-state index < -0.39 is 10.0 Å². The van der Waals surface area contributed by atoms with Gasteiger partial charge in [-0.2, -0.15) is 0 Å². The van der Waals surface area contributed by atoms with Crippen LogP contribution in [0.15, 0.2) is 18.3 Å². The molecule has 0 bridgehead atoms. The molecule has 0 amide bonds. The lowest BCUT2D eigenvalue weighted by Crippen LogP contribution is -2.25. The van der Waals surface area contributed by atoms with E-state index in [1.807, 2.05) is 13.0 Å². The predicted molar refractivity (Wildman–Crippen MR) is 54.7 cm³/mol. The fraction of sp³-hybridized carbons (Fsp3) is 0.444. The topological polar surface area (TPSA) is 50.3 Å². The summed E-state index contributed by atoms with van der Waals surface area (Å²) < 4.78 is 24.4. The van der Waals surface area contributed by atoms with Crippen LogP contribution < -0.4 is 4.31 Å². The summed E-state index contributed by atoms with van der Waals surface area (Å²) in [7, 11) is -3.08. The molecule has 0 radical (unpaired) electrons. The summed E-state index contributed by atoms with van der Waals surface area (Å²) in [6.07, 6.45) is 2.38. The van der Waals surface area contributed by atoms with Gasteiger partial charge in [0, 0.05) is 12.7 Å². The first kappa shape index (κ1) is 9.45. The molecule has 4 nitrogen and oxygen atoms in total. The molecular weight excluding hydrogens is 200 g/mol. The van der Waals surface area contributed by atoms with Crippen molar-refractivity contribution in [2.45, 2.75) is 13.3 Å². The number of hydrogen-bond donors (Lipinski definition) is 0. The van der Waals surface area contributed by atoms with Crippen LogP contribution >= 0.6 is 0 Å². The first-order valence-electron chi connectivity index (χ1n) is 4.53. The van der Waals surface area contributed by atoms with Crippen LogP contribution in [0.25, 0.3) is 0 Å². The van der Waals surface area contributed by atoms with Crippen LogP contribution in [0, 0.1) is 6.92 Å². The van der Waals surface area contributed by atoms with Crippen LogP contribution in [-0.2, 0) is 10.0 Å².